The fourth-order valence-electron chi connectivity index (χ4n) is 2.08. The van der Waals surface area contributed by atoms with E-state index in [2.05, 4.69) is 0 Å². The molecule has 0 aromatic heterocycles. The second kappa shape index (κ2) is 7.87. The number of carbonyl (C=O) groups excluding carboxylic acids is 1. The second-order valence-electron chi connectivity index (χ2n) is 4.69. The van der Waals surface area contributed by atoms with Gasteiger partial charge in [-0.15, -0.1) is 0 Å². The number of allylic oxidation sites excluding steroid dienone is 1. The molecule has 1 aromatic carbocycles. The van der Waals surface area contributed by atoms with E-state index < -0.39 is 27.4 Å². The van der Waals surface area contributed by atoms with Gasteiger partial charge in [0.2, 0.25) is 0 Å². The van der Waals surface area contributed by atoms with Crippen LogP contribution in [0.1, 0.15) is 31.7 Å². The minimum Gasteiger partial charge on any atom is -0.476 e. The van der Waals surface area contributed by atoms with E-state index in [0.717, 1.165) is 6.07 Å². The van der Waals surface area contributed by atoms with Crippen molar-refractivity contribution in [1.82, 2.24) is 0 Å². The minimum atomic E-state index is -1.16. The number of Topliss-reactive ketones (excluding diaryl/α,β-unsaturated/α-hetero) is 1. The lowest BCUT2D eigenvalue weighted by molar-refractivity contribution is -0.436. The third kappa shape index (κ3) is 4.77. The molecule has 0 aliphatic heterocycles. The van der Waals surface area contributed by atoms with Crippen LogP contribution in [-0.4, -0.2) is 27.3 Å². The number of benzene rings is 1. The molecule has 1 rings (SSSR count). The zero-order valence-electron chi connectivity index (χ0n) is 12.6. The first kappa shape index (κ1) is 18.1. The smallest absolute Gasteiger partial charge is 0.354 e. The number of aliphatic hydroxyl groups excluding tert-OH is 1. The summed E-state index contributed by atoms with van der Waals surface area (Å²) in [6, 6.07) is 5.14. The minimum absolute atomic E-state index is 0.00903. The number of nitro groups is 2. The molecule has 0 saturated carbocycles. The molecule has 124 valence electrons. The molecule has 1 unspecified atom stereocenters. The maximum atomic E-state index is 11.5. The van der Waals surface area contributed by atoms with Crippen LogP contribution in [0.2, 0.25) is 0 Å². The van der Waals surface area contributed by atoms with Crippen LogP contribution in [0, 0.1) is 20.2 Å². The van der Waals surface area contributed by atoms with Crippen LogP contribution >= 0.6 is 0 Å². The highest BCUT2D eigenvalue weighted by atomic mass is 16.6. The quantitative estimate of drug-likeness (QED) is 0.441. The van der Waals surface area contributed by atoms with Crippen molar-refractivity contribution in [1.29, 1.82) is 0 Å². The standard InChI is InChI=1S/C14H16N2O7/c1-3-23-14(18)13(16(21)22)12(7-9(2)17)10-5-4-6-11(8-10)15(19)20/h4-6,8,12,18H,3,7H2,1-2H3. The molecule has 23 heavy (non-hydrogen) atoms. The summed E-state index contributed by atoms with van der Waals surface area (Å²) < 4.78 is 4.78. The van der Waals surface area contributed by atoms with Crippen LogP contribution in [0.3, 0.4) is 0 Å². The first-order chi connectivity index (χ1) is 10.8. The van der Waals surface area contributed by atoms with Gasteiger partial charge in [-0.05, 0) is 19.4 Å². The van der Waals surface area contributed by atoms with Gasteiger partial charge in [-0.1, -0.05) is 12.1 Å². The number of aliphatic hydroxyl groups is 1. The Morgan fingerprint density at radius 1 is 1.35 bits per heavy atom. The molecule has 0 aliphatic carbocycles. The first-order valence-corrected chi connectivity index (χ1v) is 6.72. The van der Waals surface area contributed by atoms with E-state index in [0.29, 0.717) is 0 Å². The van der Waals surface area contributed by atoms with Gasteiger partial charge in [0, 0.05) is 18.6 Å². The highest BCUT2D eigenvalue weighted by Gasteiger charge is 2.34. The topological polar surface area (TPSA) is 133 Å². The molecule has 1 N–H and O–H groups in total. The van der Waals surface area contributed by atoms with Gasteiger partial charge in [-0.25, -0.2) is 0 Å². The fraction of sp³-hybridized carbons (Fsp3) is 0.357. The Kier molecular flexibility index (Phi) is 6.19. The molecule has 0 amide bonds. The van der Waals surface area contributed by atoms with Crippen molar-refractivity contribution in [2.75, 3.05) is 6.61 Å². The Bertz CT molecular complexity index is 654. The van der Waals surface area contributed by atoms with Gasteiger partial charge in [-0.2, -0.15) is 0 Å². The van der Waals surface area contributed by atoms with Crippen LogP contribution < -0.4 is 0 Å². The summed E-state index contributed by atoms with van der Waals surface area (Å²) in [6.07, 6.45) is -0.297. The number of carbonyl (C=O) groups is 1. The number of nitrogens with zero attached hydrogens (tertiary/aromatic N) is 2. The highest BCUT2D eigenvalue weighted by molar-refractivity contribution is 5.77. The van der Waals surface area contributed by atoms with Crippen molar-refractivity contribution in [2.45, 2.75) is 26.2 Å². The molecule has 0 fully saturated rings. The largest absolute Gasteiger partial charge is 0.476 e. The molecular weight excluding hydrogens is 308 g/mol. The van der Waals surface area contributed by atoms with E-state index in [9.17, 15) is 30.1 Å². The number of hydrogen-bond donors (Lipinski definition) is 1. The molecule has 9 nitrogen and oxygen atoms in total. The molecule has 0 aliphatic rings. The third-order valence-corrected chi connectivity index (χ3v) is 3.00. The van der Waals surface area contributed by atoms with E-state index in [1.54, 1.807) is 0 Å². The zero-order valence-corrected chi connectivity index (χ0v) is 12.6. The van der Waals surface area contributed by atoms with Crippen molar-refractivity contribution in [3.63, 3.8) is 0 Å². The van der Waals surface area contributed by atoms with Crippen LogP contribution in [0.25, 0.3) is 0 Å². The first-order valence-electron chi connectivity index (χ1n) is 6.72. The summed E-state index contributed by atoms with van der Waals surface area (Å²) in [7, 11) is 0. The lowest BCUT2D eigenvalue weighted by atomic mass is 9.91. The van der Waals surface area contributed by atoms with Crippen molar-refractivity contribution < 1.29 is 24.5 Å². The maximum Gasteiger partial charge on any atom is 0.354 e. The summed E-state index contributed by atoms with van der Waals surface area (Å²) in [4.78, 5) is 32.1. The summed E-state index contributed by atoms with van der Waals surface area (Å²) in [5, 5.41) is 31.9. The molecule has 9 heteroatoms. The van der Waals surface area contributed by atoms with Crippen LogP contribution in [0.15, 0.2) is 35.9 Å². The molecule has 0 bridgehead atoms. The molecule has 0 radical (unpaired) electrons. The number of hydrogen-bond acceptors (Lipinski definition) is 7. The van der Waals surface area contributed by atoms with Gasteiger partial charge in [0.1, 0.15) is 5.78 Å². The molecular formula is C14H16N2O7. The van der Waals surface area contributed by atoms with Crippen molar-refractivity contribution >= 4 is 11.5 Å². The Labute approximate surface area is 131 Å². The van der Waals surface area contributed by atoms with Crippen molar-refractivity contribution in [3.05, 3.63) is 61.7 Å². The van der Waals surface area contributed by atoms with Gasteiger partial charge in [0.05, 0.1) is 22.4 Å². The number of nitro benzene ring substituents is 1. The van der Waals surface area contributed by atoms with E-state index in [1.165, 1.54) is 32.0 Å². The van der Waals surface area contributed by atoms with Gasteiger partial charge >= 0.3 is 11.6 Å². The van der Waals surface area contributed by atoms with E-state index in [-0.39, 0.29) is 30.1 Å². The van der Waals surface area contributed by atoms with Gasteiger partial charge in [-0.3, -0.25) is 25.0 Å². The Hall–Kier alpha value is -2.97. The van der Waals surface area contributed by atoms with E-state index in [1.807, 2.05) is 0 Å². The van der Waals surface area contributed by atoms with Gasteiger partial charge in [0.25, 0.3) is 5.69 Å². The lowest BCUT2D eigenvalue weighted by Gasteiger charge is -2.14. The van der Waals surface area contributed by atoms with Crippen LogP contribution in [0.4, 0.5) is 5.69 Å². The van der Waals surface area contributed by atoms with E-state index >= 15 is 0 Å². The van der Waals surface area contributed by atoms with Crippen molar-refractivity contribution in [3.8, 4) is 0 Å². The zero-order chi connectivity index (χ0) is 17.6. The maximum absolute atomic E-state index is 11.5. The Morgan fingerprint density at radius 2 is 2.00 bits per heavy atom. The SMILES string of the molecule is CCOC(O)=C(C(CC(C)=O)c1cccc([N+](=O)[O-])c1)[N+](=O)[O-]. The van der Waals surface area contributed by atoms with Gasteiger partial charge in [0.15, 0.2) is 0 Å². The predicted molar refractivity (Wildman–Crippen MR) is 79.4 cm³/mol. The average Bonchev–Trinajstić information content (AvgIpc) is 2.46. The number of ether oxygens (including phenoxy) is 1. The fourth-order valence-corrected chi connectivity index (χ4v) is 2.08. The predicted octanol–water partition coefficient (Wildman–Crippen LogP) is 2.70. The highest BCUT2D eigenvalue weighted by Crippen LogP contribution is 2.32. The lowest BCUT2D eigenvalue weighted by Crippen LogP contribution is -2.17. The normalized spacial score (nSPS) is 13.0. The molecule has 0 spiro atoms. The van der Waals surface area contributed by atoms with Crippen LogP contribution in [-0.2, 0) is 9.53 Å². The number of non-ortho nitro benzene ring substituents is 1. The Morgan fingerprint density at radius 3 is 2.48 bits per heavy atom. The molecule has 0 saturated heterocycles. The second-order valence-corrected chi connectivity index (χ2v) is 4.69. The molecule has 0 heterocycles. The van der Waals surface area contributed by atoms with E-state index in [4.69, 9.17) is 4.74 Å². The summed E-state index contributed by atoms with van der Waals surface area (Å²) in [5.41, 5.74) is -0.801. The number of rotatable bonds is 8. The van der Waals surface area contributed by atoms with Gasteiger partial charge < -0.3 is 9.84 Å². The molecule has 1 atom stereocenters. The third-order valence-electron chi connectivity index (χ3n) is 3.00. The summed E-state index contributed by atoms with van der Waals surface area (Å²) >= 11 is 0. The summed E-state index contributed by atoms with van der Waals surface area (Å²) in [6.45, 7) is 2.76. The van der Waals surface area contributed by atoms with Crippen molar-refractivity contribution in [2.24, 2.45) is 0 Å². The summed E-state index contributed by atoms with van der Waals surface area (Å²) in [5.74, 6) is -2.44. The average molecular weight is 324 g/mol. The Balaban J connectivity index is 3.46. The molecule has 1 aromatic rings. The number of ketones is 1. The van der Waals surface area contributed by atoms with Crippen LogP contribution in [0.5, 0.6) is 0 Å². The monoisotopic (exact) mass is 324 g/mol.